The molecule has 0 radical (unpaired) electrons. The van der Waals surface area contributed by atoms with E-state index in [-0.39, 0.29) is 10.8 Å². The Morgan fingerprint density at radius 3 is 1.92 bits per heavy atom. The molecule has 0 saturated heterocycles. The van der Waals surface area contributed by atoms with Crippen LogP contribution in [0, 0.1) is 0 Å². The highest BCUT2D eigenvalue weighted by molar-refractivity contribution is 6.10. The fourth-order valence-electron chi connectivity index (χ4n) is 10.4. The van der Waals surface area contributed by atoms with Crippen LogP contribution in [-0.4, -0.2) is 4.57 Å². The largest absolute Gasteiger partial charge is 0.309 e. The molecule has 1 spiro atoms. The Kier molecular flexibility index (Phi) is 6.30. The van der Waals surface area contributed by atoms with Crippen molar-refractivity contribution in [2.24, 2.45) is 0 Å². The van der Waals surface area contributed by atoms with Crippen molar-refractivity contribution in [3.63, 3.8) is 0 Å². The van der Waals surface area contributed by atoms with E-state index in [1.165, 1.54) is 115 Å². The molecule has 52 heavy (non-hydrogen) atoms. The van der Waals surface area contributed by atoms with E-state index < -0.39 is 0 Å². The van der Waals surface area contributed by atoms with Crippen molar-refractivity contribution in [3.05, 3.63) is 174 Å². The summed E-state index contributed by atoms with van der Waals surface area (Å²) in [5.74, 6) is 0. The fraction of sp³-hybridized carbons (Fsp3) is 0.176. The molecule has 0 atom stereocenters. The summed E-state index contributed by atoms with van der Waals surface area (Å²) in [7, 11) is 0. The summed E-state index contributed by atoms with van der Waals surface area (Å²) in [6, 6.07) is 57.4. The van der Waals surface area contributed by atoms with Gasteiger partial charge in [0.05, 0.1) is 11.0 Å². The predicted molar refractivity (Wildman–Crippen MR) is 219 cm³/mol. The summed E-state index contributed by atoms with van der Waals surface area (Å²) in [6.07, 6.45) is 6.52. The summed E-state index contributed by atoms with van der Waals surface area (Å²) in [5.41, 5.74) is 20.6. The molecule has 1 aromatic heterocycles. The lowest BCUT2D eigenvalue weighted by molar-refractivity contribution is 0.353. The Balaban J connectivity index is 1.05. The van der Waals surface area contributed by atoms with Gasteiger partial charge in [0.25, 0.3) is 0 Å². The van der Waals surface area contributed by atoms with Gasteiger partial charge in [-0.25, -0.2) is 0 Å². The maximum Gasteiger partial charge on any atom is 0.0547 e. The second kappa shape index (κ2) is 10.9. The maximum atomic E-state index is 2.62. The minimum atomic E-state index is -0.0934. The lowest BCUT2D eigenvalue weighted by Gasteiger charge is -2.36. The lowest BCUT2D eigenvalue weighted by atomic mass is 9.67. The number of para-hydroxylation sites is 1. The Bertz CT molecular complexity index is 2730. The molecular formula is C51H41N. The lowest BCUT2D eigenvalue weighted by Crippen LogP contribution is -2.28. The molecule has 0 bridgehead atoms. The molecule has 0 N–H and O–H groups in total. The molecule has 8 aromatic rings. The number of benzene rings is 7. The second-order valence-electron chi connectivity index (χ2n) is 16.0. The van der Waals surface area contributed by atoms with Gasteiger partial charge in [-0.15, -0.1) is 0 Å². The van der Waals surface area contributed by atoms with E-state index in [2.05, 4.69) is 170 Å². The van der Waals surface area contributed by atoms with Crippen molar-refractivity contribution in [1.29, 1.82) is 0 Å². The van der Waals surface area contributed by atoms with Crippen molar-refractivity contribution in [2.45, 2.75) is 56.8 Å². The first-order valence-corrected chi connectivity index (χ1v) is 19.1. The van der Waals surface area contributed by atoms with Gasteiger partial charge in [0.2, 0.25) is 0 Å². The van der Waals surface area contributed by atoms with Crippen LogP contribution in [0.1, 0.15) is 68.2 Å². The number of fused-ring (bicyclic) bond motifs is 11. The summed E-state index contributed by atoms with van der Waals surface area (Å²) in [6.45, 7) is 4.87. The van der Waals surface area contributed by atoms with E-state index in [0.717, 1.165) is 0 Å². The van der Waals surface area contributed by atoms with Gasteiger partial charge in [0.15, 0.2) is 0 Å². The molecule has 1 heteroatoms. The van der Waals surface area contributed by atoms with Crippen LogP contribution < -0.4 is 0 Å². The van der Waals surface area contributed by atoms with Crippen LogP contribution in [0.3, 0.4) is 0 Å². The van der Waals surface area contributed by atoms with Crippen molar-refractivity contribution in [3.8, 4) is 50.2 Å². The van der Waals surface area contributed by atoms with Gasteiger partial charge < -0.3 is 4.57 Å². The van der Waals surface area contributed by atoms with Crippen LogP contribution >= 0.6 is 0 Å². The van der Waals surface area contributed by atoms with Crippen molar-refractivity contribution < 1.29 is 0 Å². The summed E-state index contributed by atoms with van der Waals surface area (Å²) in [4.78, 5) is 0. The van der Waals surface area contributed by atoms with Crippen LogP contribution in [-0.2, 0) is 10.8 Å². The monoisotopic (exact) mass is 667 g/mol. The third-order valence-electron chi connectivity index (χ3n) is 13.0. The minimum Gasteiger partial charge on any atom is -0.309 e. The third kappa shape index (κ3) is 4.11. The zero-order chi connectivity index (χ0) is 34.6. The number of aromatic nitrogens is 1. The van der Waals surface area contributed by atoms with Crippen LogP contribution in [0.5, 0.6) is 0 Å². The van der Waals surface area contributed by atoms with Crippen LogP contribution in [0.2, 0.25) is 0 Å². The van der Waals surface area contributed by atoms with Gasteiger partial charge in [-0.2, -0.15) is 0 Å². The Hall–Kier alpha value is -5.66. The van der Waals surface area contributed by atoms with Crippen molar-refractivity contribution in [1.82, 2.24) is 4.57 Å². The molecule has 3 aliphatic carbocycles. The van der Waals surface area contributed by atoms with Gasteiger partial charge >= 0.3 is 0 Å². The van der Waals surface area contributed by atoms with Crippen molar-refractivity contribution >= 4 is 21.8 Å². The van der Waals surface area contributed by atoms with Crippen LogP contribution in [0.25, 0.3) is 72.0 Å². The van der Waals surface area contributed by atoms with E-state index in [9.17, 15) is 0 Å². The quantitative estimate of drug-likeness (QED) is 0.177. The van der Waals surface area contributed by atoms with Crippen molar-refractivity contribution in [2.75, 3.05) is 0 Å². The van der Waals surface area contributed by atoms with Gasteiger partial charge in [-0.05, 0) is 122 Å². The standard InChI is InChI=1S/C51H41N/c1-50(2)45-29-35(22-24-39(45)42-32-47-43(31-46(42)50)38-18-7-9-20-44(38)51(47)26-11-4-12-27-51)36-23-25-41-40-19-8-10-21-48(40)52(49(41)30-36)37-17-13-16-34(28-37)33-14-5-3-6-15-33/h3,5-10,13-25,28-32H,4,11-12,26-27H2,1-2H3. The normalized spacial score (nSPS) is 16.2. The maximum absolute atomic E-state index is 2.62. The predicted octanol–water partition coefficient (Wildman–Crippen LogP) is 13.7. The van der Waals surface area contributed by atoms with Crippen LogP contribution in [0.4, 0.5) is 0 Å². The Labute approximate surface area is 306 Å². The van der Waals surface area contributed by atoms with Gasteiger partial charge in [-0.1, -0.05) is 142 Å². The first-order chi connectivity index (χ1) is 25.5. The first-order valence-electron chi connectivity index (χ1n) is 19.1. The topological polar surface area (TPSA) is 4.93 Å². The smallest absolute Gasteiger partial charge is 0.0547 e. The molecule has 3 aliphatic rings. The Morgan fingerprint density at radius 1 is 0.404 bits per heavy atom. The average molecular weight is 668 g/mol. The minimum absolute atomic E-state index is 0.0934. The molecule has 1 heterocycles. The van der Waals surface area contributed by atoms with Gasteiger partial charge in [-0.3, -0.25) is 0 Å². The third-order valence-corrected chi connectivity index (χ3v) is 13.0. The molecule has 1 saturated carbocycles. The van der Waals surface area contributed by atoms with E-state index >= 15 is 0 Å². The summed E-state index contributed by atoms with van der Waals surface area (Å²) < 4.78 is 2.45. The number of hydrogen-bond acceptors (Lipinski definition) is 0. The summed E-state index contributed by atoms with van der Waals surface area (Å²) >= 11 is 0. The molecule has 0 aliphatic heterocycles. The van der Waals surface area contributed by atoms with E-state index in [4.69, 9.17) is 0 Å². The van der Waals surface area contributed by atoms with Gasteiger partial charge in [0, 0.05) is 27.3 Å². The van der Waals surface area contributed by atoms with Crippen LogP contribution in [0.15, 0.2) is 152 Å². The van der Waals surface area contributed by atoms with E-state index in [1.807, 2.05) is 0 Å². The number of nitrogens with zero attached hydrogens (tertiary/aromatic N) is 1. The zero-order valence-electron chi connectivity index (χ0n) is 29.9. The molecule has 0 amide bonds. The molecule has 11 rings (SSSR count). The highest BCUT2D eigenvalue weighted by Gasteiger charge is 2.46. The average Bonchev–Trinajstić information content (AvgIpc) is 3.75. The molecule has 1 nitrogen and oxygen atoms in total. The van der Waals surface area contributed by atoms with E-state index in [0.29, 0.717) is 0 Å². The molecular weight excluding hydrogens is 627 g/mol. The van der Waals surface area contributed by atoms with E-state index in [1.54, 1.807) is 11.1 Å². The first kappa shape index (κ1) is 30.0. The summed E-state index contributed by atoms with van der Waals surface area (Å²) in [5, 5.41) is 2.56. The number of rotatable bonds is 3. The van der Waals surface area contributed by atoms with Gasteiger partial charge in [0.1, 0.15) is 0 Å². The molecule has 0 unspecified atom stereocenters. The SMILES string of the molecule is CC1(C)c2cc(-c3ccc4c5ccccc5n(-c5cccc(-c6ccccc6)c5)c4c3)ccc2-c2cc3c(cc21)-c1ccccc1C31CCCCC1. The number of hydrogen-bond donors (Lipinski definition) is 0. The molecule has 7 aromatic carbocycles. The highest BCUT2D eigenvalue weighted by atomic mass is 15.0. The molecule has 1 fully saturated rings. The molecule has 250 valence electrons. The fourth-order valence-corrected chi connectivity index (χ4v) is 10.4. The zero-order valence-corrected chi connectivity index (χ0v) is 29.9. The Morgan fingerprint density at radius 2 is 1.04 bits per heavy atom. The second-order valence-corrected chi connectivity index (χ2v) is 16.0. The highest BCUT2D eigenvalue weighted by Crippen LogP contribution is 2.60.